The summed E-state index contributed by atoms with van der Waals surface area (Å²) in [4.78, 5) is 35.0. The number of carbonyl (C=O) groups excluding carboxylic acids is 2. The molecule has 2 aromatic carbocycles. The Balaban J connectivity index is 1.55. The first-order valence-corrected chi connectivity index (χ1v) is 11.7. The van der Waals surface area contributed by atoms with Crippen LogP contribution in [0.25, 0.3) is 11.3 Å². The van der Waals surface area contributed by atoms with Gasteiger partial charge in [-0.2, -0.15) is 0 Å². The number of hydrogen-bond acceptors (Lipinski definition) is 4. The van der Waals surface area contributed by atoms with E-state index in [1.807, 2.05) is 31.2 Å². The van der Waals surface area contributed by atoms with Crippen molar-refractivity contribution in [3.63, 3.8) is 0 Å². The summed E-state index contributed by atoms with van der Waals surface area (Å²) in [6.07, 6.45) is 0.874. The minimum absolute atomic E-state index is 0.110. The number of benzene rings is 2. The monoisotopic (exact) mass is 458 g/mol. The van der Waals surface area contributed by atoms with Crippen LogP contribution in [0.4, 0.5) is 0 Å². The van der Waals surface area contributed by atoms with Gasteiger partial charge in [0.1, 0.15) is 0 Å². The number of rotatable bonds is 9. The summed E-state index contributed by atoms with van der Waals surface area (Å²) in [6, 6.07) is 14.7. The van der Waals surface area contributed by atoms with E-state index in [1.165, 1.54) is 0 Å². The zero-order valence-corrected chi connectivity index (χ0v) is 19.8. The number of carbonyl (C=O) groups is 2. The predicted molar refractivity (Wildman–Crippen MR) is 134 cm³/mol. The molecule has 176 valence electrons. The first-order valence-electron chi connectivity index (χ1n) is 11.7. The van der Waals surface area contributed by atoms with Crippen LogP contribution < -0.4 is 5.32 Å². The van der Waals surface area contributed by atoms with Gasteiger partial charge in [0.25, 0.3) is 11.8 Å². The number of H-pyrrole nitrogens is 1. The van der Waals surface area contributed by atoms with Crippen LogP contribution in [0.15, 0.2) is 53.5 Å². The Kier molecular flexibility index (Phi) is 6.93. The topological polar surface area (TPSA) is 97.8 Å². The molecule has 7 nitrogen and oxygen atoms in total. The van der Waals surface area contributed by atoms with Crippen LogP contribution >= 0.6 is 0 Å². The lowest BCUT2D eigenvalue weighted by Crippen LogP contribution is -2.29. The molecule has 0 fully saturated rings. The van der Waals surface area contributed by atoms with Crippen molar-refractivity contribution in [1.82, 2.24) is 15.2 Å². The molecule has 0 aliphatic carbocycles. The lowest BCUT2D eigenvalue weighted by molar-refractivity contribution is 0.0951. The molecule has 3 aromatic rings. The molecule has 0 saturated heterocycles. The first-order chi connectivity index (χ1) is 16.4. The highest BCUT2D eigenvalue weighted by Gasteiger charge is 2.33. The summed E-state index contributed by atoms with van der Waals surface area (Å²) in [6.45, 7) is 9.75. The number of amides is 2. The molecule has 0 saturated carbocycles. The van der Waals surface area contributed by atoms with Gasteiger partial charge in [0.15, 0.2) is 5.88 Å². The second-order valence-electron chi connectivity index (χ2n) is 8.45. The van der Waals surface area contributed by atoms with Crippen molar-refractivity contribution in [2.24, 2.45) is 4.99 Å². The molecule has 0 radical (unpaired) electrons. The van der Waals surface area contributed by atoms with E-state index < -0.39 is 5.91 Å². The molecule has 4 rings (SSSR count). The van der Waals surface area contributed by atoms with Gasteiger partial charge in [0, 0.05) is 17.7 Å². The third-order valence-electron chi connectivity index (χ3n) is 6.21. The Hall–Kier alpha value is -3.71. The average Bonchev–Trinajstić information content (AvgIpc) is 3.38. The summed E-state index contributed by atoms with van der Waals surface area (Å²) >= 11 is 0. The lowest BCUT2D eigenvalue weighted by atomic mass is 9.99. The maximum atomic E-state index is 12.8. The van der Waals surface area contributed by atoms with E-state index >= 15 is 0 Å². The molecular formula is C27H30N4O3. The van der Waals surface area contributed by atoms with Crippen molar-refractivity contribution in [3.8, 4) is 17.1 Å². The van der Waals surface area contributed by atoms with E-state index in [0.717, 1.165) is 37.2 Å². The fourth-order valence-electron chi connectivity index (χ4n) is 4.24. The molecule has 0 spiro atoms. The molecule has 0 bridgehead atoms. The van der Waals surface area contributed by atoms with Crippen LogP contribution in [0.2, 0.25) is 0 Å². The van der Waals surface area contributed by atoms with E-state index in [1.54, 1.807) is 24.3 Å². The molecule has 1 aliphatic rings. The van der Waals surface area contributed by atoms with Crippen LogP contribution in [0.5, 0.6) is 5.88 Å². The number of hydrogen-bond donors (Lipinski definition) is 3. The fourth-order valence-corrected chi connectivity index (χ4v) is 4.24. The van der Waals surface area contributed by atoms with Gasteiger partial charge in [-0.15, -0.1) is 0 Å². The van der Waals surface area contributed by atoms with E-state index in [9.17, 15) is 14.7 Å². The van der Waals surface area contributed by atoms with Crippen LogP contribution in [0, 0.1) is 6.92 Å². The van der Waals surface area contributed by atoms with E-state index in [-0.39, 0.29) is 11.8 Å². The summed E-state index contributed by atoms with van der Waals surface area (Å²) in [5.74, 6) is -0.693. The summed E-state index contributed by atoms with van der Waals surface area (Å²) in [5, 5.41) is 13.6. The quantitative estimate of drug-likeness (QED) is 0.420. The fraction of sp³-hybridized carbons (Fsp3) is 0.296. The smallest absolute Gasteiger partial charge is 0.280 e. The molecule has 2 heterocycles. The molecule has 1 aliphatic heterocycles. The predicted octanol–water partition coefficient (Wildman–Crippen LogP) is 4.15. The maximum absolute atomic E-state index is 12.8. The third-order valence-corrected chi connectivity index (χ3v) is 6.21. The van der Waals surface area contributed by atoms with Gasteiger partial charge in [-0.05, 0) is 50.7 Å². The molecule has 2 amide bonds. The van der Waals surface area contributed by atoms with Gasteiger partial charge in [0.2, 0.25) is 0 Å². The van der Waals surface area contributed by atoms with Crippen LogP contribution in [-0.2, 0) is 0 Å². The first kappa shape index (κ1) is 23.4. The standard InChI is InChI=1S/C27H30N4O3/c1-4-31(5-2)15-7-14-28-25(32)20-9-6-8-19(16-20)24-22-21(26(33)30-24)23(29-27(22)34)18-12-10-17(3)11-13-18/h6,8-13,16,30,33H,4-5,7,14-15H2,1-3H3,(H,28,32). The minimum atomic E-state index is -0.414. The van der Waals surface area contributed by atoms with Gasteiger partial charge in [-0.1, -0.05) is 55.8 Å². The normalized spacial score (nSPS) is 12.7. The van der Waals surface area contributed by atoms with Crippen molar-refractivity contribution >= 4 is 17.5 Å². The van der Waals surface area contributed by atoms with Gasteiger partial charge < -0.3 is 20.3 Å². The van der Waals surface area contributed by atoms with Gasteiger partial charge >= 0.3 is 0 Å². The Morgan fingerprint density at radius 2 is 1.79 bits per heavy atom. The Labute approximate surface area is 199 Å². The molecule has 3 N–H and O–H groups in total. The molecule has 0 atom stereocenters. The number of aromatic amines is 1. The van der Waals surface area contributed by atoms with Gasteiger partial charge in [0.05, 0.1) is 22.5 Å². The van der Waals surface area contributed by atoms with E-state index in [0.29, 0.717) is 40.2 Å². The Morgan fingerprint density at radius 3 is 2.50 bits per heavy atom. The maximum Gasteiger partial charge on any atom is 0.280 e. The number of aryl methyl sites for hydroxylation is 1. The molecule has 0 unspecified atom stereocenters. The van der Waals surface area contributed by atoms with Gasteiger partial charge in [-0.25, -0.2) is 4.99 Å². The Morgan fingerprint density at radius 1 is 1.06 bits per heavy atom. The molecule has 1 aromatic heterocycles. The second kappa shape index (κ2) is 10.1. The highest BCUT2D eigenvalue weighted by Crippen LogP contribution is 2.38. The SMILES string of the molecule is CCN(CC)CCCNC(=O)c1cccc(-c2[nH]c(O)c3c2C(=O)N=C3c2ccc(C)cc2)c1. The van der Waals surface area contributed by atoms with Crippen LogP contribution in [0.1, 0.15) is 57.7 Å². The number of aromatic nitrogens is 1. The van der Waals surface area contributed by atoms with Gasteiger partial charge in [-0.3, -0.25) is 9.59 Å². The second-order valence-corrected chi connectivity index (χ2v) is 8.45. The van der Waals surface area contributed by atoms with Crippen LogP contribution in [-0.4, -0.2) is 58.7 Å². The summed E-state index contributed by atoms with van der Waals surface area (Å²) in [7, 11) is 0. The molecular weight excluding hydrogens is 428 g/mol. The highest BCUT2D eigenvalue weighted by molar-refractivity contribution is 6.30. The zero-order valence-electron chi connectivity index (χ0n) is 19.8. The number of nitrogens with one attached hydrogen (secondary N) is 2. The lowest BCUT2D eigenvalue weighted by Gasteiger charge is -2.17. The molecule has 7 heteroatoms. The zero-order chi connectivity index (χ0) is 24.2. The Bertz CT molecular complexity index is 1240. The van der Waals surface area contributed by atoms with Crippen molar-refractivity contribution < 1.29 is 14.7 Å². The number of aromatic hydroxyl groups is 1. The minimum Gasteiger partial charge on any atom is -0.494 e. The third kappa shape index (κ3) is 4.65. The van der Waals surface area contributed by atoms with Crippen molar-refractivity contribution in [2.75, 3.05) is 26.2 Å². The largest absolute Gasteiger partial charge is 0.494 e. The van der Waals surface area contributed by atoms with E-state index in [2.05, 4.69) is 34.0 Å². The van der Waals surface area contributed by atoms with E-state index in [4.69, 9.17) is 0 Å². The highest BCUT2D eigenvalue weighted by atomic mass is 16.3. The number of fused-ring (bicyclic) bond motifs is 1. The van der Waals surface area contributed by atoms with Crippen molar-refractivity contribution in [3.05, 3.63) is 76.3 Å². The number of aliphatic imine (C=N–C) groups is 1. The summed E-state index contributed by atoms with van der Waals surface area (Å²) < 4.78 is 0. The van der Waals surface area contributed by atoms with Crippen molar-refractivity contribution in [2.45, 2.75) is 27.2 Å². The van der Waals surface area contributed by atoms with Crippen LogP contribution in [0.3, 0.4) is 0 Å². The molecule has 34 heavy (non-hydrogen) atoms. The number of nitrogens with zero attached hydrogens (tertiary/aromatic N) is 2. The average molecular weight is 459 g/mol. The van der Waals surface area contributed by atoms with Crippen molar-refractivity contribution in [1.29, 1.82) is 0 Å². The summed E-state index contributed by atoms with van der Waals surface area (Å²) in [5.41, 5.74) is 4.61.